The number of hydrogen-bond acceptors (Lipinski definition) is 7. The summed E-state index contributed by atoms with van der Waals surface area (Å²) in [6.07, 6.45) is 4.53. The van der Waals surface area contributed by atoms with E-state index in [1.807, 2.05) is 6.07 Å². The van der Waals surface area contributed by atoms with Gasteiger partial charge in [0.2, 0.25) is 10.0 Å². The lowest BCUT2D eigenvalue weighted by molar-refractivity contribution is 0.0600. The average molecular weight is 446 g/mol. The molecule has 2 aliphatic rings. The number of anilines is 1. The zero-order valence-corrected chi connectivity index (χ0v) is 18.4. The molecule has 0 unspecified atom stereocenters. The maximum absolute atomic E-state index is 13.4. The number of sulfonamides is 1. The van der Waals surface area contributed by atoms with Crippen molar-refractivity contribution < 1.29 is 22.7 Å². The van der Waals surface area contributed by atoms with Crippen LogP contribution in [0.25, 0.3) is 0 Å². The summed E-state index contributed by atoms with van der Waals surface area (Å²) in [6.45, 7) is 1.77. The highest BCUT2D eigenvalue weighted by molar-refractivity contribution is 7.89. The Morgan fingerprint density at radius 2 is 2.06 bits per heavy atom. The zero-order valence-electron chi connectivity index (χ0n) is 17.5. The van der Waals surface area contributed by atoms with Crippen molar-refractivity contribution in [1.29, 1.82) is 0 Å². The fraction of sp³-hybridized carbons (Fsp3) is 0.455. The van der Waals surface area contributed by atoms with Gasteiger partial charge in [-0.05, 0) is 36.5 Å². The Morgan fingerprint density at radius 3 is 2.84 bits per heavy atom. The number of hydrogen-bond donors (Lipinski definition) is 1. The molecular formula is C22H27N3O5S. The minimum absolute atomic E-state index is 0.0126. The van der Waals surface area contributed by atoms with Gasteiger partial charge in [0.1, 0.15) is 10.7 Å². The molecule has 1 N–H and O–H groups in total. The normalized spacial score (nSPS) is 19.5. The molecule has 2 aromatic rings. The summed E-state index contributed by atoms with van der Waals surface area (Å²) in [4.78, 5) is 16.3. The van der Waals surface area contributed by atoms with Crippen LogP contribution in [0.15, 0.2) is 41.4 Å². The summed E-state index contributed by atoms with van der Waals surface area (Å²) in [5.41, 5.74) is 2.74. The molecule has 0 amide bonds. The Hall–Kier alpha value is -2.49. The van der Waals surface area contributed by atoms with Gasteiger partial charge >= 0.3 is 5.97 Å². The quantitative estimate of drug-likeness (QED) is 0.682. The Balaban J connectivity index is 1.63. The number of pyridine rings is 1. The van der Waals surface area contributed by atoms with Gasteiger partial charge in [0.15, 0.2) is 0 Å². The number of methoxy groups -OCH3 is 1. The van der Waals surface area contributed by atoms with E-state index in [0.717, 1.165) is 19.3 Å². The maximum atomic E-state index is 13.4. The van der Waals surface area contributed by atoms with Crippen molar-refractivity contribution in [2.75, 3.05) is 45.3 Å². The predicted octanol–water partition coefficient (Wildman–Crippen LogP) is 2.42. The first-order valence-electron chi connectivity index (χ1n) is 10.5. The molecule has 1 atom stereocenters. The molecule has 31 heavy (non-hydrogen) atoms. The third-order valence-electron chi connectivity index (χ3n) is 5.87. The van der Waals surface area contributed by atoms with Crippen molar-refractivity contribution in [3.05, 3.63) is 53.2 Å². The van der Waals surface area contributed by atoms with Crippen LogP contribution in [0.5, 0.6) is 0 Å². The predicted molar refractivity (Wildman–Crippen MR) is 116 cm³/mol. The van der Waals surface area contributed by atoms with Gasteiger partial charge in [-0.2, -0.15) is 4.31 Å². The number of fused-ring (bicyclic) bond motifs is 1. The van der Waals surface area contributed by atoms with E-state index in [1.165, 1.54) is 34.8 Å². The van der Waals surface area contributed by atoms with Gasteiger partial charge in [-0.3, -0.25) is 0 Å². The van der Waals surface area contributed by atoms with Crippen molar-refractivity contribution in [2.45, 2.75) is 30.1 Å². The van der Waals surface area contributed by atoms with Crippen LogP contribution in [-0.4, -0.2) is 63.6 Å². The fourth-order valence-corrected chi connectivity index (χ4v) is 5.77. The second-order valence-corrected chi connectivity index (χ2v) is 9.65. The van der Waals surface area contributed by atoms with Gasteiger partial charge in [0.05, 0.1) is 25.9 Å². The van der Waals surface area contributed by atoms with E-state index >= 15 is 0 Å². The first-order valence-corrected chi connectivity index (χ1v) is 11.9. The molecule has 0 bridgehead atoms. The summed E-state index contributed by atoms with van der Waals surface area (Å²) in [7, 11) is -2.59. The second kappa shape index (κ2) is 9.33. The molecule has 9 heteroatoms. The third-order valence-corrected chi connectivity index (χ3v) is 7.78. The topological polar surface area (TPSA) is 97.8 Å². The molecule has 166 valence electrons. The van der Waals surface area contributed by atoms with Crippen molar-refractivity contribution in [3.8, 4) is 0 Å². The number of rotatable bonds is 6. The van der Waals surface area contributed by atoms with E-state index in [0.29, 0.717) is 19.8 Å². The number of ether oxygens (including phenoxy) is 2. The monoisotopic (exact) mass is 445 g/mol. The minimum Gasteiger partial charge on any atom is -0.465 e. The van der Waals surface area contributed by atoms with Gasteiger partial charge in [0, 0.05) is 31.7 Å². The highest BCUT2D eigenvalue weighted by atomic mass is 32.2. The van der Waals surface area contributed by atoms with E-state index in [2.05, 4.69) is 28.5 Å². The Morgan fingerprint density at radius 1 is 1.29 bits per heavy atom. The van der Waals surface area contributed by atoms with Gasteiger partial charge in [-0.25, -0.2) is 18.2 Å². The maximum Gasteiger partial charge on any atom is 0.339 e. The molecule has 1 aliphatic carbocycles. The van der Waals surface area contributed by atoms with E-state index in [4.69, 9.17) is 9.47 Å². The van der Waals surface area contributed by atoms with E-state index < -0.39 is 16.0 Å². The lowest BCUT2D eigenvalue weighted by atomic mass is 9.83. The first-order chi connectivity index (χ1) is 15.0. The molecule has 8 nitrogen and oxygen atoms in total. The fourth-order valence-electron chi connectivity index (χ4n) is 4.22. The number of carbonyl (C=O) groups excluding carboxylic acids is 1. The summed E-state index contributed by atoms with van der Waals surface area (Å²) in [6, 6.07) is 9.73. The molecule has 1 fully saturated rings. The number of carbonyl (C=O) groups is 1. The van der Waals surface area contributed by atoms with Crippen LogP contribution in [0.3, 0.4) is 0 Å². The molecule has 1 aromatic heterocycles. The molecule has 2 heterocycles. The van der Waals surface area contributed by atoms with Crippen LogP contribution < -0.4 is 5.32 Å². The first kappa shape index (κ1) is 21.7. The van der Waals surface area contributed by atoms with Gasteiger partial charge in [0.25, 0.3) is 0 Å². The molecule has 0 radical (unpaired) electrons. The smallest absolute Gasteiger partial charge is 0.339 e. The summed E-state index contributed by atoms with van der Waals surface area (Å²) < 4.78 is 38.1. The van der Waals surface area contributed by atoms with Crippen molar-refractivity contribution in [3.63, 3.8) is 0 Å². The lowest BCUT2D eigenvalue weighted by Gasteiger charge is -2.28. The van der Waals surface area contributed by atoms with Crippen LogP contribution in [-0.2, 0) is 25.9 Å². The number of nitrogens with zero attached hydrogens (tertiary/aromatic N) is 2. The molecule has 1 saturated heterocycles. The Bertz CT molecular complexity index is 1050. The van der Waals surface area contributed by atoms with Crippen molar-refractivity contribution in [2.24, 2.45) is 0 Å². The molecule has 1 aromatic carbocycles. The minimum atomic E-state index is -3.85. The largest absolute Gasteiger partial charge is 0.465 e. The number of benzene rings is 1. The molecule has 4 rings (SSSR count). The van der Waals surface area contributed by atoms with Crippen LogP contribution in [0.1, 0.15) is 40.2 Å². The summed E-state index contributed by atoms with van der Waals surface area (Å²) in [5.74, 6) is -0.105. The zero-order chi connectivity index (χ0) is 21.8. The second-order valence-electron chi connectivity index (χ2n) is 7.75. The van der Waals surface area contributed by atoms with Gasteiger partial charge in [-0.1, -0.05) is 24.3 Å². The van der Waals surface area contributed by atoms with Crippen LogP contribution >= 0.6 is 0 Å². The Labute approximate surface area is 182 Å². The molecule has 0 spiro atoms. The summed E-state index contributed by atoms with van der Waals surface area (Å²) >= 11 is 0. The molecular weight excluding hydrogens is 418 g/mol. The number of aryl methyl sites for hydroxylation is 1. The van der Waals surface area contributed by atoms with Gasteiger partial charge < -0.3 is 14.8 Å². The number of aromatic nitrogens is 1. The highest BCUT2D eigenvalue weighted by Gasteiger charge is 2.31. The van der Waals surface area contributed by atoms with Crippen LogP contribution in [0.2, 0.25) is 0 Å². The van der Waals surface area contributed by atoms with Crippen LogP contribution in [0.4, 0.5) is 5.82 Å². The Kier molecular flexibility index (Phi) is 6.54. The SMILES string of the molecule is COC(=O)c1cnc(NC[C@@H]2CCCc3ccccc32)c(S(=O)(=O)N2CCOCC2)c1. The van der Waals surface area contributed by atoms with Crippen molar-refractivity contribution in [1.82, 2.24) is 9.29 Å². The lowest BCUT2D eigenvalue weighted by Crippen LogP contribution is -2.41. The summed E-state index contributed by atoms with van der Waals surface area (Å²) in [5, 5.41) is 3.25. The molecule has 0 saturated carbocycles. The number of nitrogens with one attached hydrogen (secondary N) is 1. The highest BCUT2D eigenvalue weighted by Crippen LogP contribution is 2.32. The van der Waals surface area contributed by atoms with E-state index in [9.17, 15) is 13.2 Å². The van der Waals surface area contributed by atoms with E-state index in [1.54, 1.807) is 0 Å². The van der Waals surface area contributed by atoms with Crippen molar-refractivity contribution >= 4 is 21.8 Å². The average Bonchev–Trinajstić information content (AvgIpc) is 2.82. The number of esters is 1. The van der Waals surface area contributed by atoms with E-state index in [-0.39, 0.29) is 35.3 Å². The van der Waals surface area contributed by atoms with Gasteiger partial charge in [-0.15, -0.1) is 0 Å². The number of morpholine rings is 1. The third kappa shape index (κ3) is 4.58. The standard InChI is InChI=1S/C22H27N3O5S/c1-29-22(26)18-13-20(31(27,28)25-9-11-30-12-10-25)21(24-15-18)23-14-17-7-4-6-16-5-2-3-8-19(16)17/h2-3,5,8,13,15,17H,4,6-7,9-12,14H2,1H3,(H,23,24)/t17-/m0/s1. The molecule has 1 aliphatic heterocycles. The van der Waals surface area contributed by atoms with Crippen LogP contribution in [0, 0.1) is 0 Å².